The van der Waals surface area contributed by atoms with Gasteiger partial charge in [0.2, 0.25) is 0 Å². The van der Waals surface area contributed by atoms with Gasteiger partial charge in [-0.1, -0.05) is 6.92 Å². The summed E-state index contributed by atoms with van der Waals surface area (Å²) in [6.07, 6.45) is 2.16. The second kappa shape index (κ2) is 5.83. The van der Waals surface area contributed by atoms with Crippen molar-refractivity contribution in [3.63, 3.8) is 0 Å². The van der Waals surface area contributed by atoms with Crippen molar-refractivity contribution >= 4 is 5.97 Å². The first kappa shape index (κ1) is 14.5. The number of aliphatic carboxylic acids is 1. The van der Waals surface area contributed by atoms with Crippen LogP contribution in [0, 0.1) is 0 Å². The standard InChI is InChI=1S/C13H26N2O2/c1-5-14-8-6-11(7-9-14)15(10-12(16)17)13(2,3)4/h11H,5-10H2,1-4H3,(H,16,17). The predicted molar refractivity (Wildman–Crippen MR) is 69.2 cm³/mol. The zero-order valence-electron chi connectivity index (χ0n) is 11.6. The van der Waals surface area contributed by atoms with E-state index in [1.165, 1.54) is 0 Å². The average Bonchev–Trinajstić information content (AvgIpc) is 2.24. The zero-order valence-corrected chi connectivity index (χ0v) is 11.6. The maximum absolute atomic E-state index is 11.0. The molecule has 0 amide bonds. The Hall–Kier alpha value is -0.610. The first-order valence-corrected chi connectivity index (χ1v) is 6.55. The van der Waals surface area contributed by atoms with Crippen LogP contribution in [0.2, 0.25) is 0 Å². The molecule has 1 aliphatic rings. The van der Waals surface area contributed by atoms with E-state index in [1.807, 2.05) is 0 Å². The molecule has 1 fully saturated rings. The van der Waals surface area contributed by atoms with E-state index in [2.05, 4.69) is 37.5 Å². The summed E-state index contributed by atoms with van der Waals surface area (Å²) in [5, 5.41) is 9.02. The highest BCUT2D eigenvalue weighted by molar-refractivity contribution is 5.69. The van der Waals surface area contributed by atoms with E-state index >= 15 is 0 Å². The molecule has 0 aromatic heterocycles. The molecule has 0 aliphatic carbocycles. The van der Waals surface area contributed by atoms with Gasteiger partial charge in [0.15, 0.2) is 0 Å². The van der Waals surface area contributed by atoms with Gasteiger partial charge in [0.05, 0.1) is 6.54 Å². The van der Waals surface area contributed by atoms with Crippen molar-refractivity contribution in [2.45, 2.75) is 52.1 Å². The molecule has 4 heteroatoms. The zero-order chi connectivity index (χ0) is 13.1. The molecule has 1 rings (SSSR count). The molecular weight excluding hydrogens is 216 g/mol. The molecule has 0 radical (unpaired) electrons. The minimum Gasteiger partial charge on any atom is -0.480 e. The Morgan fingerprint density at radius 2 is 1.88 bits per heavy atom. The van der Waals surface area contributed by atoms with Crippen LogP contribution in [0.1, 0.15) is 40.5 Å². The van der Waals surface area contributed by atoms with Gasteiger partial charge in [0.25, 0.3) is 0 Å². The van der Waals surface area contributed by atoms with Gasteiger partial charge in [0, 0.05) is 11.6 Å². The fourth-order valence-electron chi connectivity index (χ4n) is 2.61. The van der Waals surface area contributed by atoms with Crippen LogP contribution in [0.25, 0.3) is 0 Å². The summed E-state index contributed by atoms with van der Waals surface area (Å²) in [7, 11) is 0. The first-order chi connectivity index (χ1) is 7.84. The topological polar surface area (TPSA) is 43.8 Å². The molecule has 0 atom stereocenters. The number of carboxylic acid groups (broad SMARTS) is 1. The summed E-state index contributed by atoms with van der Waals surface area (Å²) in [5.74, 6) is -0.724. The molecule has 1 saturated heterocycles. The Labute approximate surface area is 105 Å². The Kier molecular flexibility index (Phi) is 4.95. The van der Waals surface area contributed by atoms with Crippen molar-refractivity contribution in [2.75, 3.05) is 26.2 Å². The summed E-state index contributed by atoms with van der Waals surface area (Å²) in [5.41, 5.74) is -0.0720. The molecule has 0 bridgehead atoms. The SMILES string of the molecule is CCN1CCC(N(CC(=O)O)C(C)(C)C)CC1. The smallest absolute Gasteiger partial charge is 0.317 e. The van der Waals surface area contributed by atoms with Crippen LogP contribution >= 0.6 is 0 Å². The number of carbonyl (C=O) groups is 1. The predicted octanol–water partition coefficient (Wildman–Crippen LogP) is 1.66. The minimum absolute atomic E-state index is 0.0720. The number of likely N-dealkylation sites (tertiary alicyclic amines) is 1. The van der Waals surface area contributed by atoms with Crippen molar-refractivity contribution in [1.29, 1.82) is 0 Å². The number of hydrogen-bond donors (Lipinski definition) is 1. The molecule has 0 saturated carbocycles. The second-order valence-corrected chi connectivity index (χ2v) is 5.86. The molecule has 0 aromatic rings. The van der Waals surface area contributed by atoms with E-state index in [4.69, 9.17) is 5.11 Å². The van der Waals surface area contributed by atoms with Crippen molar-refractivity contribution in [3.8, 4) is 0 Å². The molecular formula is C13H26N2O2. The summed E-state index contributed by atoms with van der Waals surface area (Å²) in [6.45, 7) is 11.9. The Bertz CT molecular complexity index is 253. The van der Waals surface area contributed by atoms with E-state index < -0.39 is 5.97 Å². The van der Waals surface area contributed by atoms with Gasteiger partial charge in [-0.25, -0.2) is 0 Å². The molecule has 17 heavy (non-hydrogen) atoms. The number of rotatable bonds is 4. The first-order valence-electron chi connectivity index (χ1n) is 6.55. The van der Waals surface area contributed by atoms with Crippen molar-refractivity contribution in [3.05, 3.63) is 0 Å². The molecule has 0 aromatic carbocycles. The molecule has 1 N–H and O–H groups in total. The molecule has 1 heterocycles. The second-order valence-electron chi connectivity index (χ2n) is 5.86. The van der Waals surface area contributed by atoms with E-state index in [-0.39, 0.29) is 12.1 Å². The Morgan fingerprint density at radius 3 is 2.24 bits per heavy atom. The summed E-state index contributed by atoms with van der Waals surface area (Å²) >= 11 is 0. The number of nitrogens with zero attached hydrogens (tertiary/aromatic N) is 2. The van der Waals surface area contributed by atoms with Crippen molar-refractivity contribution < 1.29 is 9.90 Å². The number of piperidine rings is 1. The van der Waals surface area contributed by atoms with E-state index in [0.717, 1.165) is 32.5 Å². The summed E-state index contributed by atoms with van der Waals surface area (Å²) in [6, 6.07) is 0.411. The third-order valence-electron chi connectivity index (χ3n) is 3.61. The van der Waals surface area contributed by atoms with Crippen molar-refractivity contribution in [2.24, 2.45) is 0 Å². The van der Waals surface area contributed by atoms with E-state index in [1.54, 1.807) is 0 Å². The van der Waals surface area contributed by atoms with Crippen LogP contribution in [0.15, 0.2) is 0 Å². The maximum atomic E-state index is 11.0. The number of carboxylic acids is 1. The van der Waals surface area contributed by atoms with Gasteiger partial charge >= 0.3 is 5.97 Å². The normalized spacial score (nSPS) is 19.8. The van der Waals surface area contributed by atoms with Crippen LogP contribution in [0.5, 0.6) is 0 Å². The highest BCUT2D eigenvalue weighted by atomic mass is 16.4. The third kappa shape index (κ3) is 4.28. The molecule has 100 valence electrons. The van der Waals surface area contributed by atoms with Crippen LogP contribution in [-0.2, 0) is 4.79 Å². The van der Waals surface area contributed by atoms with Gasteiger partial charge in [-0.3, -0.25) is 9.69 Å². The molecule has 0 spiro atoms. The minimum atomic E-state index is -0.724. The van der Waals surface area contributed by atoms with Gasteiger partial charge < -0.3 is 10.0 Å². The van der Waals surface area contributed by atoms with Crippen molar-refractivity contribution in [1.82, 2.24) is 9.80 Å². The van der Waals surface area contributed by atoms with Crippen LogP contribution < -0.4 is 0 Å². The summed E-state index contributed by atoms with van der Waals surface area (Å²) in [4.78, 5) is 15.5. The monoisotopic (exact) mass is 242 g/mol. The van der Waals surface area contributed by atoms with Crippen LogP contribution in [-0.4, -0.2) is 58.6 Å². The fraction of sp³-hybridized carbons (Fsp3) is 0.923. The van der Waals surface area contributed by atoms with E-state index in [9.17, 15) is 4.79 Å². The maximum Gasteiger partial charge on any atom is 0.317 e. The fourth-order valence-corrected chi connectivity index (χ4v) is 2.61. The highest BCUT2D eigenvalue weighted by Crippen LogP contribution is 2.24. The molecule has 0 unspecified atom stereocenters. The van der Waals surface area contributed by atoms with E-state index in [0.29, 0.717) is 6.04 Å². The third-order valence-corrected chi connectivity index (χ3v) is 3.61. The van der Waals surface area contributed by atoms with Crippen LogP contribution in [0.3, 0.4) is 0 Å². The lowest BCUT2D eigenvalue weighted by Gasteiger charge is -2.44. The quantitative estimate of drug-likeness (QED) is 0.814. The molecule has 1 aliphatic heterocycles. The average molecular weight is 242 g/mol. The lowest BCUT2D eigenvalue weighted by molar-refractivity contribution is -0.141. The van der Waals surface area contributed by atoms with Gasteiger partial charge in [0.1, 0.15) is 0 Å². The lowest BCUT2D eigenvalue weighted by Crippen LogP contribution is -2.54. The Balaban J connectivity index is 2.62. The van der Waals surface area contributed by atoms with Gasteiger partial charge in [-0.05, 0) is 53.2 Å². The number of hydrogen-bond acceptors (Lipinski definition) is 3. The lowest BCUT2D eigenvalue weighted by atomic mass is 9.96. The van der Waals surface area contributed by atoms with Gasteiger partial charge in [-0.2, -0.15) is 0 Å². The highest BCUT2D eigenvalue weighted by Gasteiger charge is 2.32. The summed E-state index contributed by atoms with van der Waals surface area (Å²) < 4.78 is 0. The Morgan fingerprint density at radius 1 is 1.35 bits per heavy atom. The largest absolute Gasteiger partial charge is 0.480 e. The molecule has 4 nitrogen and oxygen atoms in total. The van der Waals surface area contributed by atoms with Gasteiger partial charge in [-0.15, -0.1) is 0 Å². The van der Waals surface area contributed by atoms with Crippen LogP contribution in [0.4, 0.5) is 0 Å².